The topological polar surface area (TPSA) is 26.3 Å². The van der Waals surface area contributed by atoms with Crippen molar-refractivity contribution >= 4 is 5.97 Å². The monoisotopic (exact) mass is 220 g/mol. The molecule has 0 saturated carbocycles. The number of rotatable bonds is 4. The van der Waals surface area contributed by atoms with Crippen LogP contribution in [-0.4, -0.2) is 13.1 Å². The first-order chi connectivity index (χ1) is 7.58. The Bertz CT molecular complexity index is 369. The standard InChI is InChI=1S/C14H20O2/c1-5-12(14(15)16-4)9-13-7-6-10(2)8-11(13)3/h6-8,12H,5,9H2,1-4H3. The minimum atomic E-state index is -0.109. The fourth-order valence-electron chi connectivity index (χ4n) is 1.90. The zero-order chi connectivity index (χ0) is 12.1. The largest absolute Gasteiger partial charge is 0.469 e. The summed E-state index contributed by atoms with van der Waals surface area (Å²) in [5, 5.41) is 0. The molecule has 0 bridgehead atoms. The lowest BCUT2D eigenvalue weighted by Gasteiger charge is -2.14. The van der Waals surface area contributed by atoms with Crippen LogP contribution in [0.4, 0.5) is 0 Å². The number of benzene rings is 1. The molecule has 2 heteroatoms. The van der Waals surface area contributed by atoms with Crippen molar-refractivity contribution in [3.8, 4) is 0 Å². The molecule has 0 aliphatic heterocycles. The Labute approximate surface area is 97.6 Å². The van der Waals surface area contributed by atoms with Crippen molar-refractivity contribution in [3.05, 3.63) is 34.9 Å². The third kappa shape index (κ3) is 3.09. The van der Waals surface area contributed by atoms with E-state index in [1.165, 1.54) is 23.8 Å². The average molecular weight is 220 g/mol. The van der Waals surface area contributed by atoms with E-state index in [-0.39, 0.29) is 11.9 Å². The van der Waals surface area contributed by atoms with E-state index in [0.717, 1.165) is 12.8 Å². The van der Waals surface area contributed by atoms with Crippen LogP contribution in [-0.2, 0) is 16.0 Å². The van der Waals surface area contributed by atoms with Crippen LogP contribution in [0.1, 0.15) is 30.0 Å². The summed E-state index contributed by atoms with van der Waals surface area (Å²) < 4.78 is 4.80. The molecule has 0 amide bonds. The predicted octanol–water partition coefficient (Wildman–Crippen LogP) is 3.05. The second kappa shape index (κ2) is 5.69. The maximum atomic E-state index is 11.5. The van der Waals surface area contributed by atoms with Gasteiger partial charge in [-0.3, -0.25) is 4.79 Å². The SMILES string of the molecule is CCC(Cc1ccc(C)cc1C)C(=O)OC. The number of hydrogen-bond donors (Lipinski definition) is 0. The van der Waals surface area contributed by atoms with Crippen molar-refractivity contribution in [2.45, 2.75) is 33.6 Å². The van der Waals surface area contributed by atoms with Gasteiger partial charge in [-0.25, -0.2) is 0 Å². The highest BCUT2D eigenvalue weighted by Gasteiger charge is 2.18. The molecule has 0 fully saturated rings. The second-order valence-electron chi connectivity index (χ2n) is 4.26. The van der Waals surface area contributed by atoms with E-state index in [1.807, 2.05) is 6.92 Å². The van der Waals surface area contributed by atoms with E-state index in [9.17, 15) is 4.79 Å². The van der Waals surface area contributed by atoms with Crippen molar-refractivity contribution in [1.82, 2.24) is 0 Å². The lowest BCUT2D eigenvalue weighted by Crippen LogP contribution is -2.18. The summed E-state index contributed by atoms with van der Waals surface area (Å²) in [6, 6.07) is 6.35. The van der Waals surface area contributed by atoms with Crippen molar-refractivity contribution in [2.24, 2.45) is 5.92 Å². The smallest absolute Gasteiger partial charge is 0.308 e. The first kappa shape index (κ1) is 12.8. The molecular formula is C14H20O2. The van der Waals surface area contributed by atoms with Crippen LogP contribution in [0, 0.1) is 19.8 Å². The van der Waals surface area contributed by atoms with Gasteiger partial charge in [-0.05, 0) is 37.8 Å². The van der Waals surface area contributed by atoms with Gasteiger partial charge in [0.25, 0.3) is 0 Å². The molecule has 1 atom stereocenters. The Hall–Kier alpha value is -1.31. The zero-order valence-electron chi connectivity index (χ0n) is 10.5. The third-order valence-electron chi connectivity index (χ3n) is 2.99. The number of carbonyl (C=O) groups excluding carboxylic acids is 1. The van der Waals surface area contributed by atoms with E-state index in [1.54, 1.807) is 0 Å². The summed E-state index contributed by atoms with van der Waals surface area (Å²) in [5.74, 6) is -0.131. The first-order valence-corrected chi connectivity index (χ1v) is 5.72. The molecule has 1 unspecified atom stereocenters. The lowest BCUT2D eigenvalue weighted by atomic mass is 9.93. The lowest BCUT2D eigenvalue weighted by molar-refractivity contribution is -0.145. The molecule has 1 aromatic carbocycles. The number of carbonyl (C=O) groups is 1. The summed E-state index contributed by atoms with van der Waals surface area (Å²) in [4.78, 5) is 11.5. The van der Waals surface area contributed by atoms with Gasteiger partial charge in [0, 0.05) is 0 Å². The summed E-state index contributed by atoms with van der Waals surface area (Å²) in [5.41, 5.74) is 3.75. The minimum absolute atomic E-state index is 0.0218. The molecule has 0 N–H and O–H groups in total. The Balaban J connectivity index is 2.82. The van der Waals surface area contributed by atoms with Crippen LogP contribution in [0.2, 0.25) is 0 Å². The number of aryl methyl sites for hydroxylation is 2. The Morgan fingerprint density at radius 2 is 2.06 bits per heavy atom. The summed E-state index contributed by atoms with van der Waals surface area (Å²) >= 11 is 0. The first-order valence-electron chi connectivity index (χ1n) is 5.72. The van der Waals surface area contributed by atoms with Crippen molar-refractivity contribution < 1.29 is 9.53 Å². The van der Waals surface area contributed by atoms with Gasteiger partial charge < -0.3 is 4.74 Å². The van der Waals surface area contributed by atoms with Gasteiger partial charge in [-0.2, -0.15) is 0 Å². The maximum absolute atomic E-state index is 11.5. The molecule has 1 aromatic rings. The van der Waals surface area contributed by atoms with E-state index < -0.39 is 0 Å². The van der Waals surface area contributed by atoms with Crippen molar-refractivity contribution in [2.75, 3.05) is 7.11 Å². The third-order valence-corrected chi connectivity index (χ3v) is 2.99. The van der Waals surface area contributed by atoms with Crippen LogP contribution in [0.5, 0.6) is 0 Å². The van der Waals surface area contributed by atoms with Gasteiger partial charge in [0.2, 0.25) is 0 Å². The highest BCUT2D eigenvalue weighted by atomic mass is 16.5. The van der Waals surface area contributed by atoms with Crippen LogP contribution < -0.4 is 0 Å². The van der Waals surface area contributed by atoms with Gasteiger partial charge >= 0.3 is 5.97 Å². The summed E-state index contributed by atoms with van der Waals surface area (Å²) in [7, 11) is 1.45. The molecule has 1 rings (SSSR count). The Kier molecular flexibility index (Phi) is 4.53. The van der Waals surface area contributed by atoms with Gasteiger partial charge in [-0.1, -0.05) is 30.7 Å². The number of methoxy groups -OCH3 is 1. The average Bonchev–Trinajstić information content (AvgIpc) is 2.27. The molecule has 0 spiro atoms. The van der Waals surface area contributed by atoms with Crippen LogP contribution in [0.3, 0.4) is 0 Å². The Morgan fingerprint density at radius 3 is 2.56 bits per heavy atom. The predicted molar refractivity (Wildman–Crippen MR) is 65.4 cm³/mol. The maximum Gasteiger partial charge on any atom is 0.308 e. The molecule has 16 heavy (non-hydrogen) atoms. The van der Waals surface area contributed by atoms with Crippen LogP contribution in [0.15, 0.2) is 18.2 Å². The molecule has 0 aliphatic rings. The fraction of sp³-hybridized carbons (Fsp3) is 0.500. The normalized spacial score (nSPS) is 12.2. The summed E-state index contributed by atoms with van der Waals surface area (Å²) in [6.07, 6.45) is 1.59. The molecular weight excluding hydrogens is 200 g/mol. The summed E-state index contributed by atoms with van der Waals surface area (Å²) in [6.45, 7) is 6.19. The van der Waals surface area contributed by atoms with E-state index >= 15 is 0 Å². The molecule has 2 nitrogen and oxygen atoms in total. The van der Waals surface area contributed by atoms with Gasteiger partial charge in [0.1, 0.15) is 0 Å². The molecule has 0 saturated heterocycles. The van der Waals surface area contributed by atoms with Gasteiger partial charge in [0.05, 0.1) is 13.0 Å². The molecule has 88 valence electrons. The molecule has 0 heterocycles. The highest BCUT2D eigenvalue weighted by molar-refractivity contribution is 5.72. The van der Waals surface area contributed by atoms with Crippen molar-refractivity contribution in [3.63, 3.8) is 0 Å². The van der Waals surface area contributed by atoms with E-state index in [4.69, 9.17) is 4.74 Å². The number of hydrogen-bond acceptors (Lipinski definition) is 2. The van der Waals surface area contributed by atoms with Crippen LogP contribution >= 0.6 is 0 Å². The minimum Gasteiger partial charge on any atom is -0.469 e. The molecule has 0 radical (unpaired) electrons. The van der Waals surface area contributed by atoms with E-state index in [2.05, 4.69) is 32.0 Å². The molecule has 0 aromatic heterocycles. The van der Waals surface area contributed by atoms with Gasteiger partial charge in [-0.15, -0.1) is 0 Å². The van der Waals surface area contributed by atoms with Crippen LogP contribution in [0.25, 0.3) is 0 Å². The molecule has 0 aliphatic carbocycles. The van der Waals surface area contributed by atoms with Gasteiger partial charge in [0.15, 0.2) is 0 Å². The fourth-order valence-corrected chi connectivity index (χ4v) is 1.90. The second-order valence-corrected chi connectivity index (χ2v) is 4.26. The van der Waals surface area contributed by atoms with Crippen molar-refractivity contribution in [1.29, 1.82) is 0 Å². The Morgan fingerprint density at radius 1 is 1.38 bits per heavy atom. The van der Waals surface area contributed by atoms with E-state index in [0.29, 0.717) is 0 Å². The quantitative estimate of drug-likeness (QED) is 0.729. The number of esters is 1. The zero-order valence-corrected chi connectivity index (χ0v) is 10.5. The highest BCUT2D eigenvalue weighted by Crippen LogP contribution is 2.18. The number of ether oxygens (including phenoxy) is 1.